The summed E-state index contributed by atoms with van der Waals surface area (Å²) in [4.78, 5) is 24.7. The molecule has 0 bridgehead atoms. The predicted octanol–water partition coefficient (Wildman–Crippen LogP) is 3.30. The summed E-state index contributed by atoms with van der Waals surface area (Å²) in [6.45, 7) is 0.108. The van der Waals surface area contributed by atoms with Crippen molar-refractivity contribution in [3.63, 3.8) is 0 Å². The van der Waals surface area contributed by atoms with E-state index >= 15 is 0 Å². The molecular formula is C22H20N4O6. The van der Waals surface area contributed by atoms with Crippen LogP contribution in [0.3, 0.4) is 0 Å². The topological polar surface area (TPSA) is 115 Å². The number of nitrogens with one attached hydrogen (secondary N) is 1. The Balaban J connectivity index is 1.58. The van der Waals surface area contributed by atoms with E-state index in [0.29, 0.717) is 28.5 Å². The van der Waals surface area contributed by atoms with E-state index in [-0.39, 0.29) is 18.9 Å². The first-order valence-corrected chi connectivity index (χ1v) is 9.63. The van der Waals surface area contributed by atoms with Crippen molar-refractivity contribution in [1.82, 2.24) is 10.2 Å². The molecule has 1 aromatic heterocycles. The number of hydrogen-bond donors (Lipinski definition) is 1. The van der Waals surface area contributed by atoms with Gasteiger partial charge in [0.25, 0.3) is 5.91 Å². The number of aromatic nitrogens is 1. The summed E-state index contributed by atoms with van der Waals surface area (Å²) in [6.07, 6.45) is 0.792. The molecule has 164 valence electrons. The first-order chi connectivity index (χ1) is 15.6. The number of para-hydroxylation sites is 1. The highest BCUT2D eigenvalue weighted by Crippen LogP contribution is 2.29. The molecule has 0 spiro atoms. The summed E-state index contributed by atoms with van der Waals surface area (Å²) in [5.41, 5.74) is 2.45. The number of carbonyl (C=O) groups excluding carboxylic acids is 2. The third kappa shape index (κ3) is 4.38. The number of benzene rings is 2. The third-order valence-corrected chi connectivity index (χ3v) is 4.75. The number of anilines is 1. The molecule has 3 aromatic rings. The lowest BCUT2D eigenvalue weighted by molar-refractivity contribution is 0.0987. The van der Waals surface area contributed by atoms with Crippen molar-refractivity contribution in [3.05, 3.63) is 71.6 Å². The maximum Gasteiger partial charge on any atom is 0.431 e. The highest BCUT2D eigenvalue weighted by molar-refractivity contribution is 6.04. The van der Waals surface area contributed by atoms with Crippen molar-refractivity contribution in [1.29, 1.82) is 0 Å². The standard InChI is InChI=1S/C22H20N4O6/c1-29-18-8-7-14(11-20(18)30-2)17-13-31-22(28)26(25-17)12-15-5-3-4-6-16(15)24-21(27)19-9-10-23-32-19/h3-11H,12-13H2,1-2H3,(H,24,27). The minimum atomic E-state index is -0.592. The van der Waals surface area contributed by atoms with E-state index in [1.54, 1.807) is 50.6 Å². The normalized spacial score (nSPS) is 13.2. The van der Waals surface area contributed by atoms with Crippen LogP contribution in [0.4, 0.5) is 10.5 Å². The van der Waals surface area contributed by atoms with E-state index in [4.69, 9.17) is 18.7 Å². The highest BCUT2D eigenvalue weighted by atomic mass is 16.6. The Morgan fingerprint density at radius 2 is 1.94 bits per heavy atom. The smallest absolute Gasteiger partial charge is 0.431 e. The van der Waals surface area contributed by atoms with E-state index in [2.05, 4.69) is 15.6 Å². The third-order valence-electron chi connectivity index (χ3n) is 4.75. The average molecular weight is 436 g/mol. The number of nitrogens with zero attached hydrogens (tertiary/aromatic N) is 3. The van der Waals surface area contributed by atoms with Crippen LogP contribution in [-0.2, 0) is 11.3 Å². The maximum absolute atomic E-state index is 12.4. The summed E-state index contributed by atoms with van der Waals surface area (Å²) >= 11 is 0. The van der Waals surface area contributed by atoms with Crippen LogP contribution in [-0.4, -0.2) is 48.7 Å². The number of amides is 2. The second kappa shape index (κ2) is 9.21. The van der Waals surface area contributed by atoms with Gasteiger partial charge in [0.05, 0.1) is 27.0 Å². The van der Waals surface area contributed by atoms with Crippen molar-refractivity contribution in [2.45, 2.75) is 6.54 Å². The van der Waals surface area contributed by atoms with E-state index in [1.165, 1.54) is 17.3 Å². The number of hydrogen-bond acceptors (Lipinski definition) is 8. The fourth-order valence-corrected chi connectivity index (χ4v) is 3.14. The molecule has 10 heteroatoms. The highest BCUT2D eigenvalue weighted by Gasteiger charge is 2.25. The van der Waals surface area contributed by atoms with E-state index < -0.39 is 12.0 Å². The summed E-state index contributed by atoms with van der Waals surface area (Å²) in [6, 6.07) is 13.9. The lowest BCUT2D eigenvalue weighted by Crippen LogP contribution is -2.35. The number of cyclic esters (lactones) is 1. The molecule has 0 aliphatic carbocycles. The Hall–Kier alpha value is -4.34. The summed E-state index contributed by atoms with van der Waals surface area (Å²) in [5.74, 6) is 0.742. The fraction of sp³-hybridized carbons (Fsp3) is 0.182. The summed E-state index contributed by atoms with van der Waals surface area (Å²) < 4.78 is 20.8. The number of rotatable bonds is 7. The largest absolute Gasteiger partial charge is 0.493 e. The van der Waals surface area contributed by atoms with Gasteiger partial charge < -0.3 is 24.1 Å². The number of carbonyl (C=O) groups is 2. The van der Waals surface area contributed by atoms with Crippen LogP contribution in [0.5, 0.6) is 11.5 Å². The minimum Gasteiger partial charge on any atom is -0.493 e. The van der Waals surface area contributed by atoms with Crippen LogP contribution in [0.25, 0.3) is 0 Å². The molecule has 1 N–H and O–H groups in total. The molecular weight excluding hydrogens is 416 g/mol. The second-order valence-electron chi connectivity index (χ2n) is 6.72. The molecule has 0 saturated heterocycles. The fourth-order valence-electron chi connectivity index (χ4n) is 3.14. The number of methoxy groups -OCH3 is 2. The molecule has 1 aliphatic heterocycles. The van der Waals surface area contributed by atoms with Gasteiger partial charge in [-0.2, -0.15) is 10.1 Å². The van der Waals surface area contributed by atoms with Gasteiger partial charge in [-0.15, -0.1) is 0 Å². The Morgan fingerprint density at radius 3 is 2.69 bits per heavy atom. The summed E-state index contributed by atoms with van der Waals surface area (Å²) in [5, 5.41) is 12.0. The average Bonchev–Trinajstić information content (AvgIpc) is 3.36. The molecule has 4 rings (SSSR count). The SMILES string of the molecule is COc1ccc(C2=NN(Cc3ccccc3NC(=O)c3ccno3)C(=O)OC2)cc1OC. The van der Waals surface area contributed by atoms with Gasteiger partial charge in [0.2, 0.25) is 5.76 Å². The van der Waals surface area contributed by atoms with Gasteiger partial charge in [0.15, 0.2) is 11.5 Å². The van der Waals surface area contributed by atoms with Gasteiger partial charge >= 0.3 is 6.09 Å². The minimum absolute atomic E-state index is 0.0225. The van der Waals surface area contributed by atoms with Crippen molar-refractivity contribution < 1.29 is 28.3 Å². The van der Waals surface area contributed by atoms with Gasteiger partial charge in [-0.1, -0.05) is 23.4 Å². The predicted molar refractivity (Wildman–Crippen MR) is 114 cm³/mol. The second-order valence-corrected chi connectivity index (χ2v) is 6.72. The van der Waals surface area contributed by atoms with Gasteiger partial charge in [0, 0.05) is 17.3 Å². The van der Waals surface area contributed by atoms with E-state index in [9.17, 15) is 9.59 Å². The lowest BCUT2D eigenvalue weighted by atomic mass is 10.1. The Labute approximate surface area is 183 Å². The molecule has 0 unspecified atom stereocenters. The first kappa shape index (κ1) is 20.9. The number of hydrazone groups is 1. The Kier molecular flexibility index (Phi) is 6.02. The molecule has 0 fully saturated rings. The molecule has 0 saturated carbocycles. The first-order valence-electron chi connectivity index (χ1n) is 9.63. The molecule has 32 heavy (non-hydrogen) atoms. The molecule has 2 heterocycles. The van der Waals surface area contributed by atoms with Crippen LogP contribution < -0.4 is 14.8 Å². The lowest BCUT2D eigenvalue weighted by Gasteiger charge is -2.24. The zero-order chi connectivity index (χ0) is 22.5. The Morgan fingerprint density at radius 1 is 1.12 bits per heavy atom. The van der Waals surface area contributed by atoms with Gasteiger partial charge in [0.1, 0.15) is 12.3 Å². The Bertz CT molecular complexity index is 1160. The van der Waals surface area contributed by atoms with Crippen LogP contribution in [0.2, 0.25) is 0 Å². The summed E-state index contributed by atoms with van der Waals surface area (Å²) in [7, 11) is 3.10. The van der Waals surface area contributed by atoms with Crippen molar-refractivity contribution >= 4 is 23.4 Å². The van der Waals surface area contributed by atoms with Crippen LogP contribution in [0.1, 0.15) is 21.7 Å². The van der Waals surface area contributed by atoms with Crippen LogP contribution >= 0.6 is 0 Å². The quantitative estimate of drug-likeness (QED) is 0.604. The molecule has 2 amide bonds. The van der Waals surface area contributed by atoms with Gasteiger partial charge in [-0.3, -0.25) is 4.79 Å². The van der Waals surface area contributed by atoms with Crippen molar-refractivity contribution in [2.24, 2.45) is 5.10 Å². The molecule has 10 nitrogen and oxygen atoms in total. The van der Waals surface area contributed by atoms with Gasteiger partial charge in [-0.25, -0.2) is 4.79 Å². The van der Waals surface area contributed by atoms with Crippen LogP contribution in [0.15, 0.2) is 64.4 Å². The van der Waals surface area contributed by atoms with Crippen molar-refractivity contribution in [3.8, 4) is 11.5 Å². The molecule has 0 radical (unpaired) electrons. The van der Waals surface area contributed by atoms with Crippen molar-refractivity contribution in [2.75, 3.05) is 26.1 Å². The van der Waals surface area contributed by atoms with Gasteiger partial charge in [-0.05, 0) is 29.8 Å². The molecule has 1 aliphatic rings. The molecule has 0 atom stereocenters. The number of ether oxygens (including phenoxy) is 3. The maximum atomic E-state index is 12.4. The molecule has 2 aromatic carbocycles. The van der Waals surface area contributed by atoms with E-state index in [1.807, 2.05) is 6.07 Å². The zero-order valence-corrected chi connectivity index (χ0v) is 17.4. The van der Waals surface area contributed by atoms with Crippen LogP contribution in [0, 0.1) is 0 Å². The monoisotopic (exact) mass is 436 g/mol. The van der Waals surface area contributed by atoms with E-state index in [0.717, 1.165) is 5.56 Å². The zero-order valence-electron chi connectivity index (χ0n) is 17.4.